The van der Waals surface area contributed by atoms with Crippen molar-refractivity contribution in [3.63, 3.8) is 0 Å². The maximum absolute atomic E-state index is 11.2. The van der Waals surface area contributed by atoms with Crippen LogP contribution in [0.15, 0.2) is 23.0 Å². The third kappa shape index (κ3) is 2.91. The van der Waals surface area contributed by atoms with Crippen molar-refractivity contribution in [1.29, 1.82) is 0 Å². The Morgan fingerprint density at radius 2 is 2.38 bits per heavy atom. The van der Waals surface area contributed by atoms with Crippen LogP contribution < -0.4 is 5.32 Å². The van der Waals surface area contributed by atoms with Crippen LogP contribution in [0.1, 0.15) is 19.4 Å². The molecule has 0 spiro atoms. The summed E-state index contributed by atoms with van der Waals surface area (Å²) in [4.78, 5) is 11.2. The number of carbonyl (C=O) groups excluding carboxylic acids is 1. The average Bonchev–Trinajstić information content (AvgIpc) is 2.50. The number of carbonyl (C=O) groups is 1. The van der Waals surface area contributed by atoms with Crippen LogP contribution in [0.4, 0.5) is 0 Å². The molecule has 0 aliphatic heterocycles. The standard InChI is InChI=1S/C9H13NO3/c1-9(2,12)8(11)10-5-7-3-4-13-6-7/h3-4,6,12H,5H2,1-2H3,(H,10,11). The monoisotopic (exact) mass is 183 g/mol. The summed E-state index contributed by atoms with van der Waals surface area (Å²) in [5.74, 6) is -0.395. The lowest BCUT2D eigenvalue weighted by Crippen LogP contribution is -2.41. The molecule has 0 bridgehead atoms. The van der Waals surface area contributed by atoms with E-state index in [1.807, 2.05) is 0 Å². The van der Waals surface area contributed by atoms with Crippen molar-refractivity contribution >= 4 is 5.91 Å². The van der Waals surface area contributed by atoms with E-state index in [4.69, 9.17) is 4.42 Å². The molecule has 0 aliphatic rings. The number of hydrogen-bond acceptors (Lipinski definition) is 3. The first-order chi connectivity index (χ1) is 6.00. The number of furan rings is 1. The van der Waals surface area contributed by atoms with Gasteiger partial charge in [0.25, 0.3) is 5.91 Å². The van der Waals surface area contributed by atoms with E-state index in [-0.39, 0.29) is 0 Å². The quantitative estimate of drug-likeness (QED) is 0.723. The Balaban J connectivity index is 2.40. The van der Waals surface area contributed by atoms with Crippen molar-refractivity contribution in [3.8, 4) is 0 Å². The zero-order chi connectivity index (χ0) is 9.90. The summed E-state index contributed by atoms with van der Waals surface area (Å²) in [5.41, 5.74) is -0.457. The van der Waals surface area contributed by atoms with Crippen LogP contribution in [0.3, 0.4) is 0 Å². The van der Waals surface area contributed by atoms with Gasteiger partial charge in [0.05, 0.1) is 12.5 Å². The molecule has 1 aromatic heterocycles. The Bertz CT molecular complexity index is 272. The molecule has 72 valence electrons. The summed E-state index contributed by atoms with van der Waals surface area (Å²) in [6.45, 7) is 3.26. The van der Waals surface area contributed by atoms with Gasteiger partial charge in [-0.05, 0) is 19.9 Å². The third-order valence-corrected chi connectivity index (χ3v) is 1.59. The predicted molar refractivity (Wildman–Crippen MR) is 46.9 cm³/mol. The topological polar surface area (TPSA) is 62.5 Å². The maximum atomic E-state index is 11.2. The SMILES string of the molecule is CC(C)(O)C(=O)NCc1ccoc1. The summed E-state index contributed by atoms with van der Waals surface area (Å²) in [7, 11) is 0. The van der Waals surface area contributed by atoms with Crippen LogP contribution in [0.2, 0.25) is 0 Å². The van der Waals surface area contributed by atoms with Gasteiger partial charge in [-0.25, -0.2) is 0 Å². The molecular formula is C9H13NO3. The van der Waals surface area contributed by atoms with Gasteiger partial charge in [0.2, 0.25) is 0 Å². The Morgan fingerprint density at radius 3 is 2.85 bits per heavy atom. The van der Waals surface area contributed by atoms with E-state index >= 15 is 0 Å². The van der Waals surface area contributed by atoms with E-state index in [2.05, 4.69) is 5.32 Å². The molecular weight excluding hydrogens is 170 g/mol. The Kier molecular flexibility index (Phi) is 2.72. The van der Waals surface area contributed by atoms with E-state index < -0.39 is 11.5 Å². The van der Waals surface area contributed by atoms with Crippen LogP contribution in [0, 0.1) is 0 Å². The lowest BCUT2D eigenvalue weighted by molar-refractivity contribution is -0.136. The first-order valence-corrected chi connectivity index (χ1v) is 4.02. The van der Waals surface area contributed by atoms with Crippen molar-refractivity contribution < 1.29 is 14.3 Å². The van der Waals surface area contributed by atoms with E-state index in [0.29, 0.717) is 6.54 Å². The second kappa shape index (κ2) is 3.62. The van der Waals surface area contributed by atoms with Gasteiger partial charge in [-0.3, -0.25) is 4.79 Å². The molecule has 0 saturated heterocycles. The average molecular weight is 183 g/mol. The summed E-state index contributed by atoms with van der Waals surface area (Å²) >= 11 is 0. The zero-order valence-electron chi connectivity index (χ0n) is 7.70. The molecule has 1 aromatic rings. The third-order valence-electron chi connectivity index (χ3n) is 1.59. The van der Waals surface area contributed by atoms with Crippen LogP contribution in [0.25, 0.3) is 0 Å². The molecule has 1 amide bonds. The molecule has 13 heavy (non-hydrogen) atoms. The fourth-order valence-corrected chi connectivity index (χ4v) is 0.792. The van der Waals surface area contributed by atoms with Gasteiger partial charge in [-0.1, -0.05) is 0 Å². The number of aliphatic hydroxyl groups is 1. The molecule has 0 aromatic carbocycles. The fraction of sp³-hybridized carbons (Fsp3) is 0.444. The second-order valence-corrected chi connectivity index (χ2v) is 3.37. The molecule has 0 unspecified atom stereocenters. The lowest BCUT2D eigenvalue weighted by Gasteiger charge is -2.15. The Hall–Kier alpha value is -1.29. The molecule has 0 fully saturated rings. The van der Waals surface area contributed by atoms with Crippen LogP contribution in [0.5, 0.6) is 0 Å². The number of rotatable bonds is 3. The molecule has 1 heterocycles. The highest BCUT2D eigenvalue weighted by molar-refractivity contribution is 5.83. The molecule has 0 atom stereocenters. The molecule has 4 heteroatoms. The predicted octanol–water partition coefficient (Wildman–Crippen LogP) is 0.667. The van der Waals surface area contributed by atoms with Crippen molar-refractivity contribution in [3.05, 3.63) is 24.2 Å². The van der Waals surface area contributed by atoms with E-state index in [0.717, 1.165) is 5.56 Å². The van der Waals surface area contributed by atoms with Crippen molar-refractivity contribution in [2.45, 2.75) is 26.0 Å². The first-order valence-electron chi connectivity index (χ1n) is 4.02. The second-order valence-electron chi connectivity index (χ2n) is 3.37. The van der Waals surface area contributed by atoms with Gasteiger partial charge >= 0.3 is 0 Å². The van der Waals surface area contributed by atoms with Crippen LogP contribution in [-0.2, 0) is 11.3 Å². The molecule has 1 rings (SSSR count). The Labute approximate surface area is 76.6 Å². The smallest absolute Gasteiger partial charge is 0.251 e. The first kappa shape index (κ1) is 9.80. The van der Waals surface area contributed by atoms with Crippen molar-refractivity contribution in [1.82, 2.24) is 5.32 Å². The molecule has 0 saturated carbocycles. The van der Waals surface area contributed by atoms with Gasteiger partial charge in [-0.2, -0.15) is 0 Å². The van der Waals surface area contributed by atoms with E-state index in [1.54, 1.807) is 12.3 Å². The highest BCUT2D eigenvalue weighted by Crippen LogP contribution is 2.03. The van der Waals surface area contributed by atoms with Gasteiger partial charge in [0, 0.05) is 12.1 Å². The van der Waals surface area contributed by atoms with Gasteiger partial charge in [0.1, 0.15) is 5.60 Å². The van der Waals surface area contributed by atoms with Crippen LogP contribution in [-0.4, -0.2) is 16.6 Å². The van der Waals surface area contributed by atoms with Gasteiger partial charge in [-0.15, -0.1) is 0 Å². The molecule has 0 aliphatic carbocycles. The van der Waals surface area contributed by atoms with E-state index in [9.17, 15) is 9.90 Å². The highest BCUT2D eigenvalue weighted by Gasteiger charge is 2.22. The summed E-state index contributed by atoms with van der Waals surface area (Å²) in [6.07, 6.45) is 3.08. The lowest BCUT2D eigenvalue weighted by atomic mass is 10.1. The minimum Gasteiger partial charge on any atom is -0.472 e. The number of hydrogen-bond donors (Lipinski definition) is 2. The molecule has 2 N–H and O–H groups in total. The Morgan fingerprint density at radius 1 is 1.69 bits per heavy atom. The van der Waals surface area contributed by atoms with Gasteiger partial charge in [0.15, 0.2) is 0 Å². The van der Waals surface area contributed by atoms with Crippen molar-refractivity contribution in [2.75, 3.05) is 0 Å². The highest BCUT2D eigenvalue weighted by atomic mass is 16.3. The van der Waals surface area contributed by atoms with Crippen molar-refractivity contribution in [2.24, 2.45) is 0 Å². The summed E-state index contributed by atoms with van der Waals surface area (Å²) in [5, 5.41) is 11.9. The number of amides is 1. The summed E-state index contributed by atoms with van der Waals surface area (Å²) in [6, 6.07) is 1.75. The zero-order valence-corrected chi connectivity index (χ0v) is 7.70. The maximum Gasteiger partial charge on any atom is 0.251 e. The minimum atomic E-state index is -1.33. The molecule has 0 radical (unpaired) electrons. The van der Waals surface area contributed by atoms with E-state index in [1.165, 1.54) is 20.1 Å². The molecule has 4 nitrogen and oxygen atoms in total. The summed E-state index contributed by atoms with van der Waals surface area (Å²) < 4.78 is 4.82. The van der Waals surface area contributed by atoms with Crippen LogP contribution >= 0.6 is 0 Å². The largest absolute Gasteiger partial charge is 0.472 e. The number of nitrogens with one attached hydrogen (secondary N) is 1. The minimum absolute atomic E-state index is 0.374. The normalized spacial score (nSPS) is 11.3. The van der Waals surface area contributed by atoms with Gasteiger partial charge < -0.3 is 14.8 Å². The fourth-order valence-electron chi connectivity index (χ4n) is 0.792.